The average Bonchev–Trinajstić information content (AvgIpc) is 2.20. The summed E-state index contributed by atoms with van der Waals surface area (Å²) in [5.74, 6) is 0.0686. The molecule has 0 saturated carbocycles. The lowest BCUT2D eigenvalue weighted by atomic mass is 10.4. The Bertz CT molecular complexity index is 461. The van der Waals surface area contributed by atoms with Gasteiger partial charge in [0.05, 0.1) is 10.9 Å². The Morgan fingerprint density at radius 1 is 1.53 bits per heavy atom. The molecule has 0 aliphatic rings. The van der Waals surface area contributed by atoms with Crippen LogP contribution in [0.15, 0.2) is 21.6 Å². The zero-order valence-electron chi connectivity index (χ0n) is 8.37. The van der Waals surface area contributed by atoms with Gasteiger partial charge < -0.3 is 0 Å². The maximum Gasteiger partial charge on any atom is 0.199 e. The summed E-state index contributed by atoms with van der Waals surface area (Å²) in [5.41, 5.74) is 0.651. The van der Waals surface area contributed by atoms with E-state index in [1.807, 2.05) is 0 Å². The van der Waals surface area contributed by atoms with Crippen molar-refractivity contribution in [1.82, 2.24) is 4.98 Å². The molecule has 1 aromatic heterocycles. The second-order valence-corrected chi connectivity index (χ2v) is 6.70. The molecular formula is C9H11BrClNO2S. The Balaban J connectivity index is 3.23. The van der Waals surface area contributed by atoms with Crippen molar-refractivity contribution < 1.29 is 8.42 Å². The largest absolute Gasteiger partial charge is 0.240 e. The van der Waals surface area contributed by atoms with Crippen molar-refractivity contribution in [2.75, 3.05) is 5.88 Å². The molecule has 1 unspecified atom stereocenters. The Hall–Kier alpha value is -0.130. The van der Waals surface area contributed by atoms with Gasteiger partial charge in [0.1, 0.15) is 0 Å². The number of nitrogens with zero attached hydrogens (tertiary/aromatic N) is 1. The summed E-state index contributed by atoms with van der Waals surface area (Å²) in [6, 6.07) is 3.16. The van der Waals surface area contributed by atoms with Crippen molar-refractivity contribution in [3.8, 4) is 0 Å². The number of sulfone groups is 1. The van der Waals surface area contributed by atoms with E-state index in [1.165, 1.54) is 6.07 Å². The number of aryl methyl sites for hydroxylation is 1. The maximum atomic E-state index is 11.9. The molecule has 0 amide bonds. The second kappa shape index (κ2) is 4.80. The minimum absolute atomic E-state index is 0.0686. The van der Waals surface area contributed by atoms with E-state index in [0.29, 0.717) is 5.69 Å². The van der Waals surface area contributed by atoms with Gasteiger partial charge in [0, 0.05) is 10.4 Å². The molecule has 0 radical (unpaired) electrons. The molecule has 0 fully saturated rings. The normalized spacial score (nSPS) is 13.9. The van der Waals surface area contributed by atoms with Crippen molar-refractivity contribution in [3.63, 3.8) is 0 Å². The van der Waals surface area contributed by atoms with Gasteiger partial charge in [0.25, 0.3) is 0 Å². The number of aromatic nitrogens is 1. The SMILES string of the molecule is Cc1nc(S(=O)(=O)C(C)CCl)ccc1Br. The van der Waals surface area contributed by atoms with E-state index in [-0.39, 0.29) is 10.9 Å². The van der Waals surface area contributed by atoms with Crippen LogP contribution in [0.1, 0.15) is 12.6 Å². The minimum atomic E-state index is -3.39. The maximum absolute atomic E-state index is 11.9. The summed E-state index contributed by atoms with van der Waals surface area (Å²) in [4.78, 5) is 4.02. The van der Waals surface area contributed by atoms with Gasteiger partial charge in [-0.15, -0.1) is 11.6 Å². The first-order chi connectivity index (χ1) is 6.89. The zero-order chi connectivity index (χ0) is 11.6. The minimum Gasteiger partial charge on any atom is -0.240 e. The molecule has 0 aliphatic heterocycles. The first-order valence-corrected chi connectivity index (χ1v) is 7.20. The fourth-order valence-corrected chi connectivity index (χ4v) is 2.79. The third kappa shape index (κ3) is 2.71. The van der Waals surface area contributed by atoms with Crippen LogP contribution in [0.5, 0.6) is 0 Å². The van der Waals surface area contributed by atoms with Crippen LogP contribution in [0.3, 0.4) is 0 Å². The van der Waals surface area contributed by atoms with Crippen LogP contribution in [-0.2, 0) is 9.84 Å². The molecule has 0 bridgehead atoms. The lowest BCUT2D eigenvalue weighted by molar-refractivity contribution is 0.583. The van der Waals surface area contributed by atoms with Crippen LogP contribution >= 0.6 is 27.5 Å². The van der Waals surface area contributed by atoms with Crippen LogP contribution < -0.4 is 0 Å². The van der Waals surface area contributed by atoms with Gasteiger partial charge in [-0.25, -0.2) is 13.4 Å². The second-order valence-electron chi connectivity index (χ2n) is 3.23. The lowest BCUT2D eigenvalue weighted by Gasteiger charge is -2.09. The van der Waals surface area contributed by atoms with Crippen molar-refractivity contribution in [2.45, 2.75) is 24.1 Å². The van der Waals surface area contributed by atoms with Gasteiger partial charge in [-0.3, -0.25) is 0 Å². The highest BCUT2D eigenvalue weighted by molar-refractivity contribution is 9.10. The predicted molar refractivity (Wildman–Crippen MR) is 64.0 cm³/mol. The highest BCUT2D eigenvalue weighted by Crippen LogP contribution is 2.19. The number of hydrogen-bond donors (Lipinski definition) is 0. The molecule has 0 saturated heterocycles. The first-order valence-electron chi connectivity index (χ1n) is 4.32. The fourth-order valence-electron chi connectivity index (χ4n) is 0.969. The zero-order valence-corrected chi connectivity index (χ0v) is 11.5. The summed E-state index contributed by atoms with van der Waals surface area (Å²) in [6.07, 6.45) is 0. The molecule has 1 atom stereocenters. The molecule has 1 heterocycles. The highest BCUT2D eigenvalue weighted by Gasteiger charge is 2.24. The highest BCUT2D eigenvalue weighted by atomic mass is 79.9. The molecule has 15 heavy (non-hydrogen) atoms. The first kappa shape index (κ1) is 12.9. The topological polar surface area (TPSA) is 47.0 Å². The molecule has 0 N–H and O–H groups in total. The van der Waals surface area contributed by atoms with Crippen LogP contribution in [-0.4, -0.2) is 24.5 Å². The number of hydrogen-bond acceptors (Lipinski definition) is 3. The van der Waals surface area contributed by atoms with Crippen molar-refractivity contribution >= 4 is 37.4 Å². The summed E-state index contributed by atoms with van der Waals surface area (Å²) in [7, 11) is -3.39. The smallest absolute Gasteiger partial charge is 0.199 e. The van der Waals surface area contributed by atoms with Crippen LogP contribution in [0, 0.1) is 6.92 Å². The van der Waals surface area contributed by atoms with Crippen molar-refractivity contribution in [2.24, 2.45) is 0 Å². The van der Waals surface area contributed by atoms with Gasteiger partial charge in [-0.1, -0.05) is 0 Å². The van der Waals surface area contributed by atoms with E-state index in [9.17, 15) is 8.42 Å². The number of pyridine rings is 1. The number of rotatable bonds is 3. The monoisotopic (exact) mass is 311 g/mol. The quantitative estimate of drug-likeness (QED) is 0.806. The molecule has 1 rings (SSSR count). The van der Waals surface area contributed by atoms with E-state index < -0.39 is 15.1 Å². The Labute approximate surface area is 103 Å². The van der Waals surface area contributed by atoms with Crippen LogP contribution in [0.4, 0.5) is 0 Å². The van der Waals surface area contributed by atoms with Gasteiger partial charge in [-0.05, 0) is 41.9 Å². The lowest BCUT2D eigenvalue weighted by Crippen LogP contribution is -2.20. The fraction of sp³-hybridized carbons (Fsp3) is 0.444. The van der Waals surface area contributed by atoms with Gasteiger partial charge >= 0.3 is 0 Å². The van der Waals surface area contributed by atoms with Gasteiger partial charge in [0.2, 0.25) is 0 Å². The molecule has 0 aliphatic carbocycles. The van der Waals surface area contributed by atoms with E-state index >= 15 is 0 Å². The summed E-state index contributed by atoms with van der Waals surface area (Å²) >= 11 is 8.81. The Morgan fingerprint density at radius 3 is 2.60 bits per heavy atom. The molecule has 6 heteroatoms. The summed E-state index contributed by atoms with van der Waals surface area (Å²) in [6.45, 7) is 3.32. The average molecular weight is 313 g/mol. The van der Waals surface area contributed by atoms with Crippen LogP contribution in [0.2, 0.25) is 0 Å². The number of alkyl halides is 1. The Kier molecular flexibility index (Phi) is 4.14. The predicted octanol–water partition coefficient (Wildman–Crippen LogP) is 2.55. The van der Waals surface area contributed by atoms with Crippen molar-refractivity contribution in [3.05, 3.63) is 22.3 Å². The molecule has 0 spiro atoms. The van der Waals surface area contributed by atoms with E-state index in [4.69, 9.17) is 11.6 Å². The summed E-state index contributed by atoms with van der Waals surface area (Å²) < 4.78 is 24.5. The third-order valence-electron chi connectivity index (χ3n) is 2.03. The van der Waals surface area contributed by atoms with Gasteiger partial charge in [-0.2, -0.15) is 0 Å². The third-order valence-corrected chi connectivity index (χ3v) is 5.55. The molecule has 84 valence electrons. The molecular weight excluding hydrogens is 302 g/mol. The summed E-state index contributed by atoms with van der Waals surface area (Å²) in [5, 5.41) is -0.538. The van der Waals surface area contributed by atoms with Gasteiger partial charge in [0.15, 0.2) is 14.9 Å². The van der Waals surface area contributed by atoms with Crippen molar-refractivity contribution in [1.29, 1.82) is 0 Å². The standard InChI is InChI=1S/C9H11BrClNO2S/c1-6(5-11)15(13,14)9-4-3-8(10)7(2)12-9/h3-4,6H,5H2,1-2H3. The molecule has 0 aromatic carbocycles. The Morgan fingerprint density at radius 2 is 2.13 bits per heavy atom. The van der Waals surface area contributed by atoms with Crippen LogP contribution in [0.25, 0.3) is 0 Å². The number of halogens is 2. The molecule has 3 nitrogen and oxygen atoms in total. The van der Waals surface area contributed by atoms with E-state index in [1.54, 1.807) is 19.9 Å². The molecule has 1 aromatic rings. The van der Waals surface area contributed by atoms with E-state index in [0.717, 1.165) is 4.47 Å². The van der Waals surface area contributed by atoms with E-state index in [2.05, 4.69) is 20.9 Å².